The molecule has 0 aliphatic rings. The molecule has 0 aliphatic carbocycles. The molecule has 0 heterocycles. The molecule has 3 nitrogen and oxygen atoms in total. The molecule has 0 radical (unpaired) electrons. The summed E-state index contributed by atoms with van der Waals surface area (Å²) < 4.78 is 0. The fourth-order valence-electron chi connectivity index (χ4n) is 0.660. The summed E-state index contributed by atoms with van der Waals surface area (Å²) in [6.45, 7) is 2.09. The highest BCUT2D eigenvalue weighted by atomic mass is 16.2. The first-order chi connectivity index (χ1) is 4.22. The Morgan fingerprint density at radius 1 is 1.44 bits per heavy atom. The van der Waals surface area contributed by atoms with Gasteiger partial charge in [0.1, 0.15) is 0 Å². The van der Waals surface area contributed by atoms with Crippen molar-refractivity contribution in [2.45, 2.75) is 19.8 Å². The Hall–Kier alpha value is -0.700. The topological polar surface area (TPSA) is 72.3 Å². The second kappa shape index (κ2) is 4.21. The smallest absolute Gasteiger partial charge is 0.0926 e. The molecule has 0 fully saturated rings. The van der Waals surface area contributed by atoms with Gasteiger partial charge in [-0.15, -0.1) is 0 Å². The zero-order valence-electron chi connectivity index (χ0n) is 5.72. The summed E-state index contributed by atoms with van der Waals surface area (Å²) in [6.07, 6.45) is 1.42. The minimum Gasteiger partial charge on any atom is -0.396 e. The van der Waals surface area contributed by atoms with Gasteiger partial charge in [-0.05, 0) is 18.4 Å². The molecule has 0 spiro atoms. The Labute approximate surface area is 55.3 Å². The highest BCUT2D eigenvalue weighted by Crippen LogP contribution is 2.04. The van der Waals surface area contributed by atoms with Gasteiger partial charge in [-0.25, -0.2) is 0 Å². The van der Waals surface area contributed by atoms with Crippen molar-refractivity contribution >= 4 is 0 Å². The first kappa shape index (κ1) is 8.30. The normalized spacial score (nSPS) is 9.11. The molecule has 54 valence electrons. The van der Waals surface area contributed by atoms with Gasteiger partial charge in [-0.3, -0.25) is 0 Å². The van der Waals surface area contributed by atoms with Crippen LogP contribution in [0.25, 0.3) is 0 Å². The largest absolute Gasteiger partial charge is 0.396 e. The van der Waals surface area contributed by atoms with Gasteiger partial charge in [-0.1, -0.05) is 6.92 Å². The van der Waals surface area contributed by atoms with Crippen molar-refractivity contribution in [1.29, 1.82) is 0 Å². The predicted octanol–water partition coefficient (Wildman–Crippen LogP) is -0.0922. The first-order valence-corrected chi connectivity index (χ1v) is 3.06. The third kappa shape index (κ3) is 2.98. The number of hydrogen-bond donors (Lipinski definition) is 3. The van der Waals surface area contributed by atoms with E-state index in [0.29, 0.717) is 12.2 Å². The summed E-state index contributed by atoms with van der Waals surface area (Å²) in [5.74, 6) is 0.353. The molecule has 0 aliphatic heterocycles. The van der Waals surface area contributed by atoms with Crippen molar-refractivity contribution in [3.8, 4) is 0 Å². The lowest BCUT2D eigenvalue weighted by Crippen LogP contribution is -2.12. The third-order valence-electron chi connectivity index (χ3n) is 1.25. The molecule has 0 atom stereocenters. The second-order valence-corrected chi connectivity index (χ2v) is 1.89. The maximum atomic E-state index is 8.47. The van der Waals surface area contributed by atoms with E-state index in [4.69, 9.17) is 16.6 Å². The van der Waals surface area contributed by atoms with Crippen LogP contribution in [0.3, 0.4) is 0 Å². The molecule has 5 N–H and O–H groups in total. The summed E-state index contributed by atoms with van der Waals surface area (Å²) >= 11 is 0. The van der Waals surface area contributed by atoms with E-state index in [2.05, 4.69) is 0 Å². The van der Waals surface area contributed by atoms with Crippen molar-refractivity contribution < 1.29 is 5.11 Å². The van der Waals surface area contributed by atoms with Crippen LogP contribution in [0.5, 0.6) is 0 Å². The minimum atomic E-state index is 0.126. The summed E-state index contributed by atoms with van der Waals surface area (Å²) in [6, 6.07) is 0. The lowest BCUT2D eigenvalue weighted by Gasteiger charge is -2.02. The van der Waals surface area contributed by atoms with Crippen LogP contribution in [0.1, 0.15) is 19.8 Å². The van der Waals surface area contributed by atoms with E-state index < -0.39 is 0 Å². The van der Waals surface area contributed by atoms with E-state index in [1.165, 1.54) is 0 Å². The minimum absolute atomic E-state index is 0.126. The van der Waals surface area contributed by atoms with Crippen LogP contribution in [0.15, 0.2) is 11.4 Å². The Kier molecular flexibility index (Phi) is 3.88. The van der Waals surface area contributed by atoms with Crippen LogP contribution in [-0.2, 0) is 0 Å². The van der Waals surface area contributed by atoms with Gasteiger partial charge < -0.3 is 16.6 Å². The van der Waals surface area contributed by atoms with Crippen LogP contribution < -0.4 is 11.5 Å². The van der Waals surface area contributed by atoms with Crippen molar-refractivity contribution in [2.75, 3.05) is 6.61 Å². The lowest BCUT2D eigenvalue weighted by atomic mass is 10.1. The Balaban J connectivity index is 3.83. The third-order valence-corrected chi connectivity index (χ3v) is 1.25. The zero-order valence-corrected chi connectivity index (χ0v) is 5.72. The maximum absolute atomic E-state index is 8.47. The van der Waals surface area contributed by atoms with Crippen molar-refractivity contribution in [3.05, 3.63) is 11.4 Å². The number of rotatable bonds is 3. The summed E-state index contributed by atoms with van der Waals surface area (Å²) in [5, 5.41) is 8.47. The summed E-state index contributed by atoms with van der Waals surface area (Å²) in [7, 11) is 0. The molecule has 0 aromatic rings. The number of aliphatic hydroxyl groups excluding tert-OH is 1. The second-order valence-electron chi connectivity index (χ2n) is 1.89. The number of aliphatic hydroxyl groups is 1. The van der Waals surface area contributed by atoms with Crippen molar-refractivity contribution in [1.82, 2.24) is 0 Å². The van der Waals surface area contributed by atoms with Gasteiger partial charge >= 0.3 is 0 Å². The molecule has 0 bridgehead atoms. The fourth-order valence-corrected chi connectivity index (χ4v) is 0.660. The molecule has 0 unspecified atom stereocenters. The van der Waals surface area contributed by atoms with Crippen LogP contribution in [-0.4, -0.2) is 11.7 Å². The monoisotopic (exact) mass is 130 g/mol. The van der Waals surface area contributed by atoms with Gasteiger partial charge in [0, 0.05) is 6.61 Å². The van der Waals surface area contributed by atoms with Crippen molar-refractivity contribution in [3.63, 3.8) is 0 Å². The molecular formula is C6H14N2O. The first-order valence-electron chi connectivity index (χ1n) is 3.06. The van der Waals surface area contributed by atoms with Gasteiger partial charge in [-0.2, -0.15) is 0 Å². The molecule has 0 saturated carbocycles. The van der Waals surface area contributed by atoms with Crippen LogP contribution in [0, 0.1) is 0 Å². The fraction of sp³-hybridized carbons (Fsp3) is 0.667. The lowest BCUT2D eigenvalue weighted by molar-refractivity contribution is 0.297. The average molecular weight is 130 g/mol. The average Bonchev–Trinajstić information content (AvgIpc) is 1.82. The van der Waals surface area contributed by atoms with E-state index in [-0.39, 0.29) is 6.61 Å². The molecule has 0 aromatic heterocycles. The van der Waals surface area contributed by atoms with E-state index in [1.807, 2.05) is 6.92 Å². The molecule has 0 aromatic carbocycles. The molecule has 3 heteroatoms. The highest BCUT2D eigenvalue weighted by Gasteiger charge is 1.95. The Morgan fingerprint density at radius 2 is 2.00 bits per heavy atom. The Morgan fingerprint density at radius 3 is 2.11 bits per heavy atom. The van der Waals surface area contributed by atoms with Gasteiger partial charge in [0.15, 0.2) is 0 Å². The van der Waals surface area contributed by atoms with E-state index >= 15 is 0 Å². The number of hydrogen-bond acceptors (Lipinski definition) is 3. The summed E-state index contributed by atoms with van der Waals surface area (Å²) in [4.78, 5) is 0. The summed E-state index contributed by atoms with van der Waals surface area (Å²) in [5.41, 5.74) is 11.5. The SMILES string of the molecule is CCC(CCO)=C(N)N. The van der Waals surface area contributed by atoms with Gasteiger partial charge in [0.25, 0.3) is 0 Å². The predicted molar refractivity (Wildman–Crippen MR) is 37.4 cm³/mol. The quantitative estimate of drug-likeness (QED) is 0.500. The highest BCUT2D eigenvalue weighted by molar-refractivity contribution is 5.06. The zero-order chi connectivity index (χ0) is 7.28. The van der Waals surface area contributed by atoms with Gasteiger partial charge in [0.2, 0.25) is 0 Å². The van der Waals surface area contributed by atoms with Crippen LogP contribution in [0.2, 0.25) is 0 Å². The molecule has 9 heavy (non-hydrogen) atoms. The Bertz CT molecular complexity index is 106. The van der Waals surface area contributed by atoms with E-state index in [1.54, 1.807) is 0 Å². The maximum Gasteiger partial charge on any atom is 0.0926 e. The standard InChI is InChI=1S/C6H14N2O/c1-2-5(3-4-9)6(7)8/h9H,2-4,7-8H2,1H3. The molecule has 0 saturated heterocycles. The number of nitrogens with two attached hydrogens (primary N) is 2. The van der Waals surface area contributed by atoms with Crippen LogP contribution in [0.4, 0.5) is 0 Å². The van der Waals surface area contributed by atoms with E-state index in [9.17, 15) is 0 Å². The molecule has 0 rings (SSSR count). The van der Waals surface area contributed by atoms with Crippen molar-refractivity contribution in [2.24, 2.45) is 11.5 Å². The van der Waals surface area contributed by atoms with Crippen LogP contribution >= 0.6 is 0 Å². The van der Waals surface area contributed by atoms with E-state index in [0.717, 1.165) is 12.0 Å². The molecular weight excluding hydrogens is 116 g/mol. The molecule has 0 amide bonds. The van der Waals surface area contributed by atoms with Gasteiger partial charge in [0.05, 0.1) is 5.82 Å².